The fourth-order valence-electron chi connectivity index (χ4n) is 2.40. The van der Waals surface area contributed by atoms with Crippen LogP contribution in [0.4, 0.5) is 11.4 Å². The average Bonchev–Trinajstić information content (AvgIpc) is 3.21. The molecule has 0 radical (unpaired) electrons. The van der Waals surface area contributed by atoms with E-state index < -0.39 is 22.4 Å². The van der Waals surface area contributed by atoms with Crippen LogP contribution in [0.5, 0.6) is 5.75 Å². The number of rotatable bonds is 8. The summed E-state index contributed by atoms with van der Waals surface area (Å²) in [6.45, 7) is -0.464. The normalized spacial score (nSPS) is 10.7. The van der Waals surface area contributed by atoms with Crippen LogP contribution in [0.25, 0.3) is 11.3 Å². The van der Waals surface area contributed by atoms with Crippen molar-refractivity contribution in [1.29, 1.82) is 0 Å². The van der Waals surface area contributed by atoms with Gasteiger partial charge in [-0.3, -0.25) is 25.0 Å². The summed E-state index contributed by atoms with van der Waals surface area (Å²) in [6, 6.07) is 14.8. The Bertz CT molecular complexity index is 1110. The number of nitro groups is 2. The average molecular weight is 410 g/mol. The number of carbonyl (C=O) groups is 1. The molecule has 0 saturated carbocycles. The smallest absolute Gasteiger partial charge is 0.310 e. The molecule has 11 nitrogen and oxygen atoms in total. The van der Waals surface area contributed by atoms with E-state index in [4.69, 9.17) is 9.15 Å². The molecule has 11 heteroatoms. The Morgan fingerprint density at radius 3 is 2.47 bits per heavy atom. The first-order chi connectivity index (χ1) is 14.4. The van der Waals surface area contributed by atoms with Crippen molar-refractivity contribution >= 4 is 23.5 Å². The quantitative estimate of drug-likeness (QED) is 0.340. The predicted octanol–water partition coefficient (Wildman–Crippen LogP) is 3.29. The summed E-state index contributed by atoms with van der Waals surface area (Å²) >= 11 is 0. The molecule has 0 spiro atoms. The molecule has 30 heavy (non-hydrogen) atoms. The molecule has 0 aliphatic heterocycles. The highest BCUT2D eigenvalue weighted by Crippen LogP contribution is 2.26. The Balaban J connectivity index is 1.54. The van der Waals surface area contributed by atoms with Gasteiger partial charge in [-0.15, -0.1) is 0 Å². The van der Waals surface area contributed by atoms with Crippen molar-refractivity contribution in [3.8, 4) is 17.1 Å². The molecule has 0 saturated heterocycles. The predicted molar refractivity (Wildman–Crippen MR) is 105 cm³/mol. The number of hydrogen-bond acceptors (Lipinski definition) is 8. The lowest BCUT2D eigenvalue weighted by Gasteiger charge is -2.05. The number of nitrogens with one attached hydrogen (secondary N) is 1. The molecule has 1 heterocycles. The number of benzene rings is 2. The van der Waals surface area contributed by atoms with E-state index in [0.29, 0.717) is 17.1 Å². The minimum Gasteiger partial charge on any atom is -0.477 e. The van der Waals surface area contributed by atoms with E-state index in [1.807, 2.05) is 0 Å². The fourth-order valence-corrected chi connectivity index (χ4v) is 2.40. The molecule has 0 bridgehead atoms. The third kappa shape index (κ3) is 5.04. The first-order valence-corrected chi connectivity index (χ1v) is 8.47. The number of nitrogens with zero attached hydrogens (tertiary/aromatic N) is 3. The van der Waals surface area contributed by atoms with Crippen molar-refractivity contribution in [3.63, 3.8) is 0 Å². The van der Waals surface area contributed by atoms with Crippen molar-refractivity contribution < 1.29 is 23.8 Å². The number of non-ortho nitro benzene ring substituents is 1. The minimum absolute atomic E-state index is 0.0274. The van der Waals surface area contributed by atoms with Crippen molar-refractivity contribution in [2.75, 3.05) is 6.61 Å². The van der Waals surface area contributed by atoms with E-state index >= 15 is 0 Å². The monoisotopic (exact) mass is 410 g/mol. The fraction of sp³-hybridized carbons (Fsp3) is 0.0526. The van der Waals surface area contributed by atoms with Crippen LogP contribution >= 0.6 is 0 Å². The highest BCUT2D eigenvalue weighted by molar-refractivity contribution is 5.81. The second kappa shape index (κ2) is 9.10. The number of hydrogen-bond donors (Lipinski definition) is 1. The highest BCUT2D eigenvalue weighted by atomic mass is 16.6. The summed E-state index contributed by atoms with van der Waals surface area (Å²) in [6.07, 6.45) is 1.26. The zero-order valence-electron chi connectivity index (χ0n) is 15.3. The molecule has 3 aromatic rings. The van der Waals surface area contributed by atoms with E-state index in [1.165, 1.54) is 36.5 Å². The number of hydrazone groups is 1. The largest absolute Gasteiger partial charge is 0.477 e. The number of para-hydroxylation sites is 2. The van der Waals surface area contributed by atoms with E-state index in [-0.39, 0.29) is 17.1 Å². The summed E-state index contributed by atoms with van der Waals surface area (Å²) < 4.78 is 10.7. The van der Waals surface area contributed by atoms with Crippen LogP contribution in [0.3, 0.4) is 0 Å². The van der Waals surface area contributed by atoms with Gasteiger partial charge < -0.3 is 9.15 Å². The number of carbonyl (C=O) groups excluding carboxylic acids is 1. The molecule has 152 valence electrons. The van der Waals surface area contributed by atoms with Gasteiger partial charge >= 0.3 is 5.69 Å². The molecular weight excluding hydrogens is 396 g/mol. The lowest BCUT2D eigenvalue weighted by atomic mass is 10.1. The maximum Gasteiger partial charge on any atom is 0.310 e. The van der Waals surface area contributed by atoms with Gasteiger partial charge in [-0.1, -0.05) is 12.1 Å². The van der Waals surface area contributed by atoms with Gasteiger partial charge in [0.15, 0.2) is 12.4 Å². The third-order valence-electron chi connectivity index (χ3n) is 3.79. The Labute approximate surface area is 168 Å². The SMILES string of the molecule is O=C(COc1ccccc1[N+](=O)[O-])NN=Cc1ccc(-c2ccc([N+](=O)[O-])cc2)o1. The highest BCUT2D eigenvalue weighted by Gasteiger charge is 2.14. The van der Waals surface area contributed by atoms with Gasteiger partial charge in [0.05, 0.1) is 16.1 Å². The topological polar surface area (TPSA) is 150 Å². The molecule has 0 atom stereocenters. The lowest BCUT2D eigenvalue weighted by molar-refractivity contribution is -0.385. The number of nitro benzene ring substituents is 2. The molecule has 1 N–H and O–H groups in total. The maximum atomic E-state index is 11.8. The van der Waals surface area contributed by atoms with E-state index in [2.05, 4.69) is 10.5 Å². The third-order valence-corrected chi connectivity index (χ3v) is 3.79. The van der Waals surface area contributed by atoms with E-state index in [0.717, 1.165) is 0 Å². The van der Waals surface area contributed by atoms with Crippen LogP contribution < -0.4 is 10.2 Å². The van der Waals surface area contributed by atoms with Crippen molar-refractivity contribution in [3.05, 3.63) is 86.7 Å². The van der Waals surface area contributed by atoms with Gasteiger partial charge in [0.25, 0.3) is 11.6 Å². The first kappa shape index (κ1) is 20.2. The van der Waals surface area contributed by atoms with E-state index in [1.54, 1.807) is 30.3 Å². The zero-order chi connectivity index (χ0) is 21.5. The number of furan rings is 1. The van der Waals surface area contributed by atoms with Crippen LogP contribution in [-0.2, 0) is 4.79 Å². The van der Waals surface area contributed by atoms with Crippen molar-refractivity contribution in [2.24, 2.45) is 5.10 Å². The molecule has 1 aromatic heterocycles. The van der Waals surface area contributed by atoms with Crippen LogP contribution in [0, 0.1) is 20.2 Å². The Hall–Kier alpha value is -4.54. The summed E-state index contributed by atoms with van der Waals surface area (Å²) in [5.41, 5.74) is 2.58. The number of amides is 1. The van der Waals surface area contributed by atoms with Gasteiger partial charge in [0.1, 0.15) is 11.5 Å². The molecule has 0 fully saturated rings. The molecule has 0 aliphatic carbocycles. The summed E-state index contributed by atoms with van der Waals surface area (Å²) in [7, 11) is 0. The Morgan fingerprint density at radius 1 is 1.03 bits per heavy atom. The van der Waals surface area contributed by atoms with Crippen molar-refractivity contribution in [1.82, 2.24) is 5.43 Å². The van der Waals surface area contributed by atoms with Gasteiger partial charge in [-0.2, -0.15) is 5.10 Å². The van der Waals surface area contributed by atoms with Gasteiger partial charge in [0.2, 0.25) is 0 Å². The van der Waals surface area contributed by atoms with Gasteiger partial charge in [0, 0.05) is 23.8 Å². The van der Waals surface area contributed by atoms with Gasteiger partial charge in [-0.25, -0.2) is 5.43 Å². The summed E-state index contributed by atoms with van der Waals surface area (Å²) in [5.74, 6) is 0.160. The van der Waals surface area contributed by atoms with Crippen LogP contribution in [0.2, 0.25) is 0 Å². The molecule has 3 rings (SSSR count). The second-order valence-corrected chi connectivity index (χ2v) is 5.81. The van der Waals surface area contributed by atoms with Crippen LogP contribution in [0.1, 0.15) is 5.76 Å². The Morgan fingerprint density at radius 2 is 1.77 bits per heavy atom. The van der Waals surface area contributed by atoms with Crippen molar-refractivity contribution in [2.45, 2.75) is 0 Å². The maximum absolute atomic E-state index is 11.8. The van der Waals surface area contributed by atoms with Crippen LogP contribution in [-0.4, -0.2) is 28.6 Å². The van der Waals surface area contributed by atoms with E-state index in [9.17, 15) is 25.0 Å². The molecule has 0 aliphatic rings. The molecular formula is C19H14N4O7. The first-order valence-electron chi connectivity index (χ1n) is 8.47. The Kier molecular flexibility index (Phi) is 6.13. The molecule has 0 unspecified atom stereocenters. The van der Waals surface area contributed by atoms with Crippen LogP contribution in [0.15, 0.2) is 70.2 Å². The summed E-state index contributed by atoms with van der Waals surface area (Å²) in [4.78, 5) is 32.3. The second-order valence-electron chi connectivity index (χ2n) is 5.81. The number of ether oxygens (including phenoxy) is 1. The zero-order valence-corrected chi connectivity index (χ0v) is 15.3. The standard InChI is InChI=1S/C19H14N4O7/c24-19(12-29-18-4-2-1-3-16(18)23(27)28)21-20-11-15-9-10-17(30-15)13-5-7-14(8-6-13)22(25)26/h1-11H,12H2,(H,21,24). The molecule has 2 aromatic carbocycles. The summed E-state index contributed by atoms with van der Waals surface area (Å²) in [5, 5.41) is 25.3. The molecule has 1 amide bonds. The lowest BCUT2D eigenvalue weighted by Crippen LogP contribution is -2.24. The van der Waals surface area contributed by atoms with Gasteiger partial charge in [-0.05, 0) is 30.3 Å². The minimum atomic E-state index is -0.619.